The highest BCUT2D eigenvalue weighted by molar-refractivity contribution is 8.23. The van der Waals surface area contributed by atoms with Crippen LogP contribution in [-0.2, 0) is 12.8 Å². The molecule has 0 saturated carbocycles. The van der Waals surface area contributed by atoms with Crippen LogP contribution in [0.25, 0.3) is 10.2 Å². The number of rotatable bonds is 3. The summed E-state index contributed by atoms with van der Waals surface area (Å²) in [5.74, 6) is 0.779. The molecule has 0 amide bonds. The SMILES string of the molecule is CCN(CC)C(=S)Sc1ncnc2sc3c(c12)CC[C@H](C)C3. The van der Waals surface area contributed by atoms with Crippen molar-refractivity contribution in [3.8, 4) is 0 Å². The van der Waals surface area contributed by atoms with E-state index in [1.165, 1.54) is 28.7 Å². The lowest BCUT2D eigenvalue weighted by Crippen LogP contribution is -2.26. The van der Waals surface area contributed by atoms with E-state index in [2.05, 4.69) is 35.6 Å². The first-order chi connectivity index (χ1) is 10.6. The zero-order valence-electron chi connectivity index (χ0n) is 13.3. The predicted molar refractivity (Wildman–Crippen MR) is 100.0 cm³/mol. The van der Waals surface area contributed by atoms with Gasteiger partial charge in [0.25, 0.3) is 0 Å². The van der Waals surface area contributed by atoms with E-state index in [4.69, 9.17) is 12.2 Å². The van der Waals surface area contributed by atoms with E-state index in [9.17, 15) is 0 Å². The third-order valence-corrected chi connectivity index (χ3v) is 6.87. The van der Waals surface area contributed by atoms with E-state index in [-0.39, 0.29) is 0 Å². The minimum absolute atomic E-state index is 0.779. The number of aromatic nitrogens is 2. The predicted octanol–water partition coefficient (Wildman–Crippen LogP) is 4.53. The van der Waals surface area contributed by atoms with Crippen molar-refractivity contribution in [2.24, 2.45) is 5.92 Å². The van der Waals surface area contributed by atoms with Gasteiger partial charge >= 0.3 is 0 Å². The largest absolute Gasteiger partial charge is 0.358 e. The second-order valence-corrected chi connectivity index (χ2v) is 8.46. The first-order valence-electron chi connectivity index (χ1n) is 7.86. The maximum Gasteiger partial charge on any atom is 0.142 e. The Morgan fingerprint density at radius 1 is 1.41 bits per heavy atom. The van der Waals surface area contributed by atoms with E-state index in [0.717, 1.165) is 39.6 Å². The number of thioether (sulfide) groups is 1. The van der Waals surface area contributed by atoms with Crippen molar-refractivity contribution in [2.75, 3.05) is 13.1 Å². The fourth-order valence-electron chi connectivity index (χ4n) is 2.95. The van der Waals surface area contributed by atoms with Gasteiger partial charge in [0.15, 0.2) is 0 Å². The van der Waals surface area contributed by atoms with Crippen molar-refractivity contribution in [1.29, 1.82) is 0 Å². The van der Waals surface area contributed by atoms with Crippen molar-refractivity contribution in [2.45, 2.75) is 45.1 Å². The van der Waals surface area contributed by atoms with E-state index >= 15 is 0 Å². The van der Waals surface area contributed by atoms with Crippen molar-refractivity contribution in [3.05, 3.63) is 16.8 Å². The Balaban J connectivity index is 1.98. The molecule has 1 aliphatic carbocycles. The molecule has 1 atom stereocenters. The zero-order valence-corrected chi connectivity index (χ0v) is 15.7. The number of fused-ring (bicyclic) bond motifs is 3. The van der Waals surface area contributed by atoms with Crippen LogP contribution in [0, 0.1) is 5.92 Å². The molecule has 0 fully saturated rings. The molecule has 2 heterocycles. The van der Waals surface area contributed by atoms with Gasteiger partial charge in [0.05, 0.1) is 0 Å². The summed E-state index contributed by atoms with van der Waals surface area (Å²) >= 11 is 9.06. The van der Waals surface area contributed by atoms with Gasteiger partial charge < -0.3 is 4.90 Å². The maximum atomic E-state index is 5.60. The second-order valence-electron chi connectivity index (χ2n) is 5.75. The molecule has 0 radical (unpaired) electrons. The minimum Gasteiger partial charge on any atom is -0.358 e. The van der Waals surface area contributed by atoms with Crippen LogP contribution in [0.1, 0.15) is 37.6 Å². The summed E-state index contributed by atoms with van der Waals surface area (Å²) in [5.41, 5.74) is 1.48. The third kappa shape index (κ3) is 3.01. The Kier molecular flexibility index (Phi) is 5.00. The van der Waals surface area contributed by atoms with Crippen molar-refractivity contribution >= 4 is 49.9 Å². The molecular formula is C16H21N3S3. The molecule has 3 nitrogen and oxygen atoms in total. The Hall–Kier alpha value is -0.720. The van der Waals surface area contributed by atoms with Crippen LogP contribution in [0.5, 0.6) is 0 Å². The van der Waals surface area contributed by atoms with Gasteiger partial charge in [-0.3, -0.25) is 0 Å². The molecule has 3 rings (SSSR count). The van der Waals surface area contributed by atoms with E-state index in [1.54, 1.807) is 18.1 Å². The first kappa shape index (κ1) is 16.1. The molecule has 0 spiro atoms. The summed E-state index contributed by atoms with van der Waals surface area (Å²) in [4.78, 5) is 13.9. The van der Waals surface area contributed by atoms with Crippen LogP contribution in [0.2, 0.25) is 0 Å². The van der Waals surface area contributed by atoms with Gasteiger partial charge in [-0.25, -0.2) is 9.97 Å². The highest BCUT2D eigenvalue weighted by Gasteiger charge is 2.24. The highest BCUT2D eigenvalue weighted by Crippen LogP contribution is 2.40. The number of hydrogen-bond acceptors (Lipinski definition) is 5. The average molecular weight is 352 g/mol. The zero-order chi connectivity index (χ0) is 15.7. The molecule has 0 aromatic carbocycles. The summed E-state index contributed by atoms with van der Waals surface area (Å²) in [6.07, 6.45) is 5.27. The summed E-state index contributed by atoms with van der Waals surface area (Å²) in [7, 11) is 0. The fourth-order valence-corrected chi connectivity index (χ4v) is 5.84. The summed E-state index contributed by atoms with van der Waals surface area (Å²) in [6, 6.07) is 0. The second kappa shape index (κ2) is 6.81. The minimum atomic E-state index is 0.779. The third-order valence-electron chi connectivity index (χ3n) is 4.26. The molecule has 118 valence electrons. The molecule has 2 aromatic rings. The molecule has 0 bridgehead atoms. The number of thiophene rings is 1. The molecular weight excluding hydrogens is 330 g/mol. The lowest BCUT2D eigenvalue weighted by Gasteiger charge is -2.21. The van der Waals surface area contributed by atoms with E-state index in [0.29, 0.717) is 0 Å². The van der Waals surface area contributed by atoms with Gasteiger partial charge in [0, 0.05) is 23.4 Å². The normalized spacial score (nSPS) is 17.5. The van der Waals surface area contributed by atoms with E-state index in [1.807, 2.05) is 11.3 Å². The molecule has 0 saturated heterocycles. The number of thiocarbonyl (C=S) groups is 1. The topological polar surface area (TPSA) is 29.0 Å². The number of aryl methyl sites for hydroxylation is 1. The molecule has 0 aliphatic heterocycles. The lowest BCUT2D eigenvalue weighted by molar-refractivity contribution is 0.482. The molecule has 0 N–H and O–H groups in total. The van der Waals surface area contributed by atoms with Crippen LogP contribution in [0.15, 0.2) is 11.4 Å². The van der Waals surface area contributed by atoms with Crippen LogP contribution < -0.4 is 0 Å². The summed E-state index contributed by atoms with van der Waals surface area (Å²) in [5, 5.41) is 2.29. The van der Waals surface area contributed by atoms with Gasteiger partial charge in [-0.1, -0.05) is 19.1 Å². The van der Waals surface area contributed by atoms with Gasteiger partial charge in [-0.05, 0) is 56.4 Å². The quantitative estimate of drug-likeness (QED) is 0.460. The monoisotopic (exact) mass is 351 g/mol. The van der Waals surface area contributed by atoms with E-state index < -0.39 is 0 Å². The molecule has 0 unspecified atom stereocenters. The Labute approximate surface area is 145 Å². The van der Waals surface area contributed by atoms with Crippen LogP contribution >= 0.6 is 35.3 Å². The molecule has 22 heavy (non-hydrogen) atoms. The molecule has 1 aliphatic rings. The first-order valence-corrected chi connectivity index (χ1v) is 9.90. The Morgan fingerprint density at radius 3 is 2.91 bits per heavy atom. The summed E-state index contributed by atoms with van der Waals surface area (Å²) in [6.45, 7) is 8.50. The Morgan fingerprint density at radius 2 is 2.18 bits per heavy atom. The average Bonchev–Trinajstić information content (AvgIpc) is 2.86. The number of nitrogens with zero attached hydrogens (tertiary/aromatic N) is 3. The van der Waals surface area contributed by atoms with Crippen LogP contribution in [0.3, 0.4) is 0 Å². The smallest absolute Gasteiger partial charge is 0.142 e. The summed E-state index contributed by atoms with van der Waals surface area (Å²) < 4.78 is 0.911. The number of hydrogen-bond donors (Lipinski definition) is 0. The van der Waals surface area contributed by atoms with Gasteiger partial charge in [-0.2, -0.15) is 0 Å². The highest BCUT2D eigenvalue weighted by atomic mass is 32.2. The maximum absolute atomic E-state index is 5.60. The lowest BCUT2D eigenvalue weighted by atomic mass is 9.89. The van der Waals surface area contributed by atoms with Crippen LogP contribution in [0.4, 0.5) is 0 Å². The van der Waals surface area contributed by atoms with Gasteiger partial charge in [0.2, 0.25) is 0 Å². The molecule has 2 aromatic heterocycles. The van der Waals surface area contributed by atoms with Crippen molar-refractivity contribution in [1.82, 2.24) is 14.9 Å². The standard InChI is InChI=1S/C16H21N3S3/c1-4-19(5-2)16(20)22-15-13-11-7-6-10(3)8-12(11)21-14(13)17-9-18-15/h9-10H,4-8H2,1-3H3/t10-/m0/s1. The van der Waals surface area contributed by atoms with Gasteiger partial charge in [-0.15, -0.1) is 11.3 Å². The van der Waals surface area contributed by atoms with Crippen LogP contribution in [-0.4, -0.2) is 32.3 Å². The molecule has 6 heteroatoms. The van der Waals surface area contributed by atoms with Gasteiger partial charge in [0.1, 0.15) is 20.5 Å². The van der Waals surface area contributed by atoms with Crippen molar-refractivity contribution in [3.63, 3.8) is 0 Å². The fraction of sp³-hybridized carbons (Fsp3) is 0.562. The van der Waals surface area contributed by atoms with Crippen molar-refractivity contribution < 1.29 is 0 Å². The Bertz CT molecular complexity index is 691.